The molecule has 0 aliphatic carbocycles. The topological polar surface area (TPSA) is 28.7 Å². The Bertz CT molecular complexity index is 732. The van der Waals surface area contributed by atoms with Crippen LogP contribution >= 0.6 is 34.5 Å². The molecule has 0 radical (unpaired) electrons. The maximum absolute atomic E-state index is 6.24. The number of thiophene rings is 1. The average molecular weight is 323 g/mol. The Morgan fingerprint density at radius 2 is 2.10 bits per heavy atom. The van der Waals surface area contributed by atoms with Crippen molar-refractivity contribution in [3.05, 3.63) is 62.2 Å². The summed E-state index contributed by atoms with van der Waals surface area (Å²) >= 11 is 14.0. The third-order valence-electron chi connectivity index (χ3n) is 3.04. The second-order valence-electron chi connectivity index (χ2n) is 4.54. The van der Waals surface area contributed by atoms with Gasteiger partial charge in [0.2, 0.25) is 0 Å². The maximum Gasteiger partial charge on any atom is 0.112 e. The summed E-state index contributed by atoms with van der Waals surface area (Å²) in [5, 5.41) is 3.39. The van der Waals surface area contributed by atoms with Crippen LogP contribution in [0.15, 0.2) is 35.7 Å². The Morgan fingerprint density at radius 3 is 2.85 bits per heavy atom. The van der Waals surface area contributed by atoms with Crippen molar-refractivity contribution in [2.45, 2.75) is 13.3 Å². The monoisotopic (exact) mass is 322 g/mol. The molecule has 2 aromatic heterocycles. The third-order valence-corrected chi connectivity index (χ3v) is 4.48. The van der Waals surface area contributed by atoms with Gasteiger partial charge in [0, 0.05) is 27.6 Å². The summed E-state index contributed by atoms with van der Waals surface area (Å²) < 4.78 is 0. The van der Waals surface area contributed by atoms with Gasteiger partial charge in [-0.2, -0.15) is 0 Å². The van der Waals surface area contributed by atoms with Crippen LogP contribution < -0.4 is 0 Å². The first-order valence-electron chi connectivity index (χ1n) is 6.17. The number of hydrogen-bond acceptors (Lipinski definition) is 2. The predicted molar refractivity (Wildman–Crippen MR) is 85.9 cm³/mol. The standard InChI is InChI=1S/C15H12Cl2N2S/c1-9-15(12-7-10(16)4-5-13(12)17)19-14(18-9)8-11-3-2-6-20-11/h2-7H,8H2,1H3,(H,18,19). The van der Waals surface area contributed by atoms with Gasteiger partial charge in [-0.1, -0.05) is 29.3 Å². The maximum atomic E-state index is 6.24. The van der Waals surface area contributed by atoms with Gasteiger partial charge in [-0.25, -0.2) is 4.98 Å². The number of hydrogen-bond donors (Lipinski definition) is 1. The quantitative estimate of drug-likeness (QED) is 0.692. The summed E-state index contributed by atoms with van der Waals surface area (Å²) in [5.74, 6) is 0.941. The predicted octanol–water partition coefficient (Wildman–Crippen LogP) is 5.34. The van der Waals surface area contributed by atoms with E-state index in [0.717, 1.165) is 29.2 Å². The molecule has 0 bridgehead atoms. The summed E-state index contributed by atoms with van der Waals surface area (Å²) in [5.41, 5.74) is 2.73. The molecule has 3 rings (SSSR count). The van der Waals surface area contributed by atoms with E-state index in [0.29, 0.717) is 10.0 Å². The Labute approximate surface area is 131 Å². The Hall–Kier alpha value is -1.29. The van der Waals surface area contributed by atoms with Crippen LogP contribution in [0.25, 0.3) is 11.3 Å². The molecular weight excluding hydrogens is 311 g/mol. The van der Waals surface area contributed by atoms with E-state index in [2.05, 4.69) is 21.4 Å². The van der Waals surface area contributed by atoms with Crippen LogP contribution in [0.5, 0.6) is 0 Å². The molecule has 1 N–H and O–H groups in total. The van der Waals surface area contributed by atoms with Crippen LogP contribution in [0.3, 0.4) is 0 Å². The Morgan fingerprint density at radius 1 is 1.25 bits per heavy atom. The number of nitrogens with one attached hydrogen (secondary N) is 1. The SMILES string of the molecule is Cc1[nH]c(Cc2cccs2)nc1-c1cc(Cl)ccc1Cl. The highest BCUT2D eigenvalue weighted by atomic mass is 35.5. The molecule has 0 spiro atoms. The summed E-state index contributed by atoms with van der Waals surface area (Å²) in [6.07, 6.45) is 0.802. The fraction of sp³-hybridized carbons (Fsp3) is 0.133. The molecule has 0 aliphatic heterocycles. The molecule has 20 heavy (non-hydrogen) atoms. The van der Waals surface area contributed by atoms with Crippen LogP contribution in [-0.4, -0.2) is 9.97 Å². The molecular formula is C15H12Cl2N2S. The summed E-state index contributed by atoms with van der Waals surface area (Å²) in [6, 6.07) is 9.58. The van der Waals surface area contributed by atoms with Gasteiger partial charge in [-0.05, 0) is 36.6 Å². The number of imidazole rings is 1. The lowest BCUT2D eigenvalue weighted by atomic mass is 10.1. The van der Waals surface area contributed by atoms with E-state index in [1.807, 2.05) is 19.1 Å². The zero-order valence-corrected chi connectivity index (χ0v) is 13.1. The fourth-order valence-electron chi connectivity index (χ4n) is 2.13. The van der Waals surface area contributed by atoms with E-state index >= 15 is 0 Å². The van der Waals surface area contributed by atoms with Crippen molar-refractivity contribution in [3.8, 4) is 11.3 Å². The summed E-state index contributed by atoms with van der Waals surface area (Å²) in [4.78, 5) is 9.27. The number of halogens is 2. The lowest BCUT2D eigenvalue weighted by Gasteiger charge is -2.02. The van der Waals surface area contributed by atoms with Crippen molar-refractivity contribution in [2.75, 3.05) is 0 Å². The van der Waals surface area contributed by atoms with Gasteiger partial charge >= 0.3 is 0 Å². The summed E-state index contributed by atoms with van der Waals surface area (Å²) in [6.45, 7) is 2.00. The molecule has 0 aliphatic rings. The smallest absolute Gasteiger partial charge is 0.112 e. The first-order valence-corrected chi connectivity index (χ1v) is 7.80. The molecule has 0 amide bonds. The number of rotatable bonds is 3. The van der Waals surface area contributed by atoms with Gasteiger partial charge in [0.15, 0.2) is 0 Å². The fourth-order valence-corrected chi connectivity index (χ4v) is 3.21. The first-order chi connectivity index (χ1) is 9.63. The first kappa shape index (κ1) is 13.7. The molecule has 2 heterocycles. The Balaban J connectivity index is 1.98. The molecule has 0 fully saturated rings. The van der Waals surface area contributed by atoms with E-state index in [-0.39, 0.29) is 0 Å². The highest BCUT2D eigenvalue weighted by Gasteiger charge is 2.13. The summed E-state index contributed by atoms with van der Waals surface area (Å²) in [7, 11) is 0. The normalized spacial score (nSPS) is 10.9. The van der Waals surface area contributed by atoms with Gasteiger partial charge in [-0.15, -0.1) is 11.3 Å². The largest absolute Gasteiger partial charge is 0.345 e. The van der Waals surface area contributed by atoms with Crippen molar-refractivity contribution in [2.24, 2.45) is 0 Å². The highest BCUT2D eigenvalue weighted by Crippen LogP contribution is 2.31. The van der Waals surface area contributed by atoms with Crippen LogP contribution in [0, 0.1) is 6.92 Å². The zero-order valence-electron chi connectivity index (χ0n) is 10.8. The van der Waals surface area contributed by atoms with Crippen LogP contribution in [0.2, 0.25) is 10.0 Å². The number of benzene rings is 1. The van der Waals surface area contributed by atoms with Crippen molar-refractivity contribution >= 4 is 34.5 Å². The van der Waals surface area contributed by atoms with Crippen molar-refractivity contribution in [1.29, 1.82) is 0 Å². The van der Waals surface area contributed by atoms with Gasteiger partial charge in [-0.3, -0.25) is 0 Å². The second-order valence-corrected chi connectivity index (χ2v) is 6.41. The molecule has 0 saturated heterocycles. The number of aryl methyl sites for hydroxylation is 1. The lowest BCUT2D eigenvalue weighted by molar-refractivity contribution is 1.03. The number of aromatic nitrogens is 2. The van der Waals surface area contributed by atoms with Crippen LogP contribution in [0.4, 0.5) is 0 Å². The number of aromatic amines is 1. The molecule has 3 aromatic rings. The Kier molecular flexibility index (Phi) is 3.83. The van der Waals surface area contributed by atoms with Crippen molar-refractivity contribution in [3.63, 3.8) is 0 Å². The third kappa shape index (κ3) is 2.75. The van der Waals surface area contributed by atoms with E-state index < -0.39 is 0 Å². The van der Waals surface area contributed by atoms with Gasteiger partial charge in [0.1, 0.15) is 5.82 Å². The van der Waals surface area contributed by atoms with E-state index in [4.69, 9.17) is 23.2 Å². The van der Waals surface area contributed by atoms with Gasteiger partial charge in [0.05, 0.1) is 10.7 Å². The molecule has 0 unspecified atom stereocenters. The molecule has 5 heteroatoms. The molecule has 0 atom stereocenters. The van der Waals surface area contributed by atoms with Gasteiger partial charge < -0.3 is 4.98 Å². The van der Waals surface area contributed by atoms with Crippen LogP contribution in [-0.2, 0) is 6.42 Å². The molecule has 1 aromatic carbocycles. The number of H-pyrrole nitrogens is 1. The minimum absolute atomic E-state index is 0.659. The minimum Gasteiger partial charge on any atom is -0.345 e. The molecule has 2 nitrogen and oxygen atoms in total. The second kappa shape index (κ2) is 5.60. The van der Waals surface area contributed by atoms with E-state index in [9.17, 15) is 0 Å². The van der Waals surface area contributed by atoms with E-state index in [1.165, 1.54) is 4.88 Å². The minimum atomic E-state index is 0.659. The van der Waals surface area contributed by atoms with Gasteiger partial charge in [0.25, 0.3) is 0 Å². The van der Waals surface area contributed by atoms with Crippen molar-refractivity contribution < 1.29 is 0 Å². The van der Waals surface area contributed by atoms with Crippen molar-refractivity contribution in [1.82, 2.24) is 9.97 Å². The highest BCUT2D eigenvalue weighted by molar-refractivity contribution is 7.09. The number of nitrogens with zero attached hydrogens (tertiary/aromatic N) is 1. The lowest BCUT2D eigenvalue weighted by Crippen LogP contribution is -1.87. The average Bonchev–Trinajstić information content (AvgIpc) is 3.03. The molecule has 0 saturated carbocycles. The van der Waals surface area contributed by atoms with E-state index in [1.54, 1.807) is 23.5 Å². The van der Waals surface area contributed by atoms with Crippen LogP contribution in [0.1, 0.15) is 16.4 Å². The molecule has 102 valence electrons. The zero-order chi connectivity index (χ0) is 14.1.